The standard InChI is InChI=1S/C22H27FN4O.C4H6O5/c1-5-27(6-2)11-10-25-22(28)21-15(3)20(26-16(21)4)13-18(14-24)17-8-7-9-19(23)12-17;5-2(4(8)9)1-3(6)7/h7-9,12-13,26H,5-6,10-11H2,1-4H3,(H,25,28);2,5H,1H2,(H,6,7)(H,8,9)/b18-13+;/t;2-/m.0/s1. The highest BCUT2D eigenvalue weighted by atomic mass is 19.1. The molecule has 0 fully saturated rings. The van der Waals surface area contributed by atoms with E-state index < -0.39 is 30.3 Å². The fraction of sp³-hybridized carbons (Fsp3) is 0.385. The summed E-state index contributed by atoms with van der Waals surface area (Å²) < 4.78 is 13.5. The van der Waals surface area contributed by atoms with Crippen molar-refractivity contribution in [2.75, 3.05) is 26.2 Å². The molecule has 0 radical (unpaired) electrons. The SMILES string of the molecule is CCN(CC)CCNC(=O)c1c(C)[nH]c(/C=C(\C#N)c2cccc(F)c2)c1C.O=C(O)C[C@H](O)C(=O)O. The molecule has 2 rings (SSSR count). The molecule has 200 valence electrons. The molecule has 1 atom stereocenters. The van der Waals surface area contributed by atoms with Gasteiger partial charge in [-0.3, -0.25) is 9.59 Å². The molecule has 10 nitrogen and oxygen atoms in total. The lowest BCUT2D eigenvalue weighted by atomic mass is 10.0. The minimum absolute atomic E-state index is 0.137. The van der Waals surface area contributed by atoms with Gasteiger partial charge in [-0.1, -0.05) is 26.0 Å². The Morgan fingerprint density at radius 3 is 2.35 bits per heavy atom. The van der Waals surface area contributed by atoms with Crippen LogP contribution in [0, 0.1) is 31.0 Å². The molecule has 2 aromatic rings. The number of benzene rings is 1. The minimum atomic E-state index is -1.79. The number of nitrogens with one attached hydrogen (secondary N) is 2. The number of carboxylic acid groups (broad SMARTS) is 2. The molecule has 11 heteroatoms. The molecule has 0 unspecified atom stereocenters. The first-order valence-electron chi connectivity index (χ1n) is 11.6. The van der Waals surface area contributed by atoms with E-state index in [0.717, 1.165) is 30.9 Å². The summed E-state index contributed by atoms with van der Waals surface area (Å²) in [6, 6.07) is 8.02. The molecule has 0 saturated carbocycles. The van der Waals surface area contributed by atoms with E-state index in [1.54, 1.807) is 18.2 Å². The van der Waals surface area contributed by atoms with Gasteiger partial charge in [-0.2, -0.15) is 5.26 Å². The summed E-state index contributed by atoms with van der Waals surface area (Å²) >= 11 is 0. The van der Waals surface area contributed by atoms with Gasteiger partial charge in [0.2, 0.25) is 0 Å². The molecular formula is C26H33FN4O6. The van der Waals surface area contributed by atoms with Crippen molar-refractivity contribution in [3.8, 4) is 6.07 Å². The van der Waals surface area contributed by atoms with Crippen molar-refractivity contribution in [2.45, 2.75) is 40.2 Å². The number of allylic oxidation sites excluding steroid dienone is 1. The van der Waals surface area contributed by atoms with Crippen LogP contribution < -0.4 is 5.32 Å². The summed E-state index contributed by atoms with van der Waals surface area (Å²) in [7, 11) is 0. The molecule has 0 bridgehead atoms. The van der Waals surface area contributed by atoms with Crippen molar-refractivity contribution in [1.29, 1.82) is 5.26 Å². The number of H-pyrrole nitrogens is 1. The zero-order chi connectivity index (χ0) is 28.1. The van der Waals surface area contributed by atoms with Crippen LogP contribution in [0.1, 0.15) is 53.1 Å². The molecule has 1 heterocycles. The van der Waals surface area contributed by atoms with E-state index in [4.69, 9.17) is 15.3 Å². The second kappa shape index (κ2) is 15.2. The number of aliphatic hydroxyl groups excluding tert-OH is 1. The van der Waals surface area contributed by atoms with Gasteiger partial charge < -0.3 is 30.5 Å². The monoisotopic (exact) mass is 516 g/mol. The first-order valence-corrected chi connectivity index (χ1v) is 11.6. The van der Waals surface area contributed by atoms with Gasteiger partial charge in [-0.25, -0.2) is 9.18 Å². The average Bonchev–Trinajstić information content (AvgIpc) is 3.12. The van der Waals surface area contributed by atoms with E-state index in [9.17, 15) is 24.0 Å². The largest absolute Gasteiger partial charge is 0.481 e. The number of carboxylic acids is 2. The maximum absolute atomic E-state index is 13.5. The number of nitriles is 1. The number of likely N-dealkylation sites (N-methyl/N-ethyl adjacent to an activating group) is 1. The zero-order valence-corrected chi connectivity index (χ0v) is 21.3. The lowest BCUT2D eigenvalue weighted by Crippen LogP contribution is -2.35. The number of aliphatic hydroxyl groups is 1. The lowest BCUT2D eigenvalue weighted by molar-refractivity contribution is -0.152. The van der Waals surface area contributed by atoms with Crippen molar-refractivity contribution >= 4 is 29.5 Å². The Balaban J connectivity index is 0.000000649. The van der Waals surface area contributed by atoms with Crippen LogP contribution in [0.5, 0.6) is 0 Å². The number of hydrogen-bond acceptors (Lipinski definition) is 6. The number of aromatic amines is 1. The predicted octanol–water partition coefficient (Wildman–Crippen LogP) is 2.81. The third-order valence-corrected chi connectivity index (χ3v) is 5.51. The molecular weight excluding hydrogens is 483 g/mol. The van der Waals surface area contributed by atoms with Crippen molar-refractivity contribution in [2.24, 2.45) is 0 Å². The number of aliphatic carboxylic acids is 2. The number of hydrogen-bond donors (Lipinski definition) is 5. The predicted molar refractivity (Wildman–Crippen MR) is 136 cm³/mol. The lowest BCUT2D eigenvalue weighted by Gasteiger charge is -2.18. The molecule has 0 aliphatic heterocycles. The summed E-state index contributed by atoms with van der Waals surface area (Å²) in [5.74, 6) is -3.38. The molecule has 0 spiro atoms. The van der Waals surface area contributed by atoms with Crippen molar-refractivity contribution in [1.82, 2.24) is 15.2 Å². The highest BCUT2D eigenvalue weighted by Crippen LogP contribution is 2.24. The molecule has 1 aromatic carbocycles. The summed E-state index contributed by atoms with van der Waals surface area (Å²) in [5.41, 5.74) is 3.59. The number of aryl methyl sites for hydroxylation is 1. The maximum Gasteiger partial charge on any atom is 0.333 e. The number of rotatable bonds is 11. The van der Waals surface area contributed by atoms with Gasteiger partial charge in [0, 0.05) is 24.5 Å². The van der Waals surface area contributed by atoms with Crippen molar-refractivity contribution in [3.63, 3.8) is 0 Å². The molecule has 0 aliphatic rings. The fourth-order valence-electron chi connectivity index (χ4n) is 3.45. The third-order valence-electron chi connectivity index (χ3n) is 5.51. The van der Waals surface area contributed by atoms with Crippen LogP contribution in [0.4, 0.5) is 4.39 Å². The average molecular weight is 517 g/mol. The highest BCUT2D eigenvalue weighted by molar-refractivity contribution is 5.99. The van der Waals surface area contributed by atoms with Crippen LogP contribution in [0.3, 0.4) is 0 Å². The maximum atomic E-state index is 13.5. The molecule has 1 amide bonds. The van der Waals surface area contributed by atoms with Gasteiger partial charge in [0.05, 0.1) is 23.6 Å². The van der Waals surface area contributed by atoms with Crippen LogP contribution in [0.2, 0.25) is 0 Å². The van der Waals surface area contributed by atoms with Crippen LogP contribution >= 0.6 is 0 Å². The smallest absolute Gasteiger partial charge is 0.333 e. The van der Waals surface area contributed by atoms with E-state index in [0.29, 0.717) is 28.9 Å². The van der Waals surface area contributed by atoms with Gasteiger partial charge in [-0.05, 0) is 56.3 Å². The summed E-state index contributed by atoms with van der Waals surface area (Å²) in [6.07, 6.45) is -0.887. The van der Waals surface area contributed by atoms with E-state index in [1.165, 1.54) is 12.1 Å². The summed E-state index contributed by atoms with van der Waals surface area (Å²) in [6.45, 7) is 11.1. The Kier molecular flexibility index (Phi) is 12.7. The Morgan fingerprint density at radius 1 is 1.22 bits per heavy atom. The van der Waals surface area contributed by atoms with Gasteiger partial charge >= 0.3 is 11.9 Å². The van der Waals surface area contributed by atoms with E-state index in [2.05, 4.69) is 35.1 Å². The quantitative estimate of drug-likeness (QED) is 0.284. The zero-order valence-electron chi connectivity index (χ0n) is 21.3. The molecule has 37 heavy (non-hydrogen) atoms. The molecule has 5 N–H and O–H groups in total. The fourth-order valence-corrected chi connectivity index (χ4v) is 3.45. The van der Waals surface area contributed by atoms with Crippen molar-refractivity contribution in [3.05, 3.63) is 58.2 Å². The number of carbonyl (C=O) groups excluding carboxylic acids is 1. The number of amides is 1. The van der Waals surface area contributed by atoms with Crippen molar-refractivity contribution < 1.29 is 34.1 Å². The van der Waals surface area contributed by atoms with Gasteiger partial charge in [0.1, 0.15) is 5.82 Å². The van der Waals surface area contributed by atoms with Crippen LogP contribution in [0.15, 0.2) is 24.3 Å². The van der Waals surface area contributed by atoms with Crippen LogP contribution in [-0.2, 0) is 9.59 Å². The minimum Gasteiger partial charge on any atom is -0.481 e. The first kappa shape index (κ1) is 31.0. The molecule has 0 saturated heterocycles. The Hall–Kier alpha value is -4.01. The van der Waals surface area contributed by atoms with Crippen LogP contribution in [-0.4, -0.2) is 75.3 Å². The second-order valence-corrected chi connectivity index (χ2v) is 8.08. The second-order valence-electron chi connectivity index (χ2n) is 8.08. The Labute approximate surface area is 215 Å². The Morgan fingerprint density at radius 2 is 1.86 bits per heavy atom. The molecule has 0 aliphatic carbocycles. The Bertz CT molecular complexity index is 1160. The number of halogens is 1. The van der Waals surface area contributed by atoms with Gasteiger partial charge in [0.15, 0.2) is 6.10 Å². The van der Waals surface area contributed by atoms with E-state index in [-0.39, 0.29) is 5.91 Å². The van der Waals surface area contributed by atoms with Gasteiger partial charge in [-0.15, -0.1) is 0 Å². The number of nitrogens with zero attached hydrogens (tertiary/aromatic N) is 2. The first-order chi connectivity index (χ1) is 17.4. The van der Waals surface area contributed by atoms with E-state index >= 15 is 0 Å². The van der Waals surface area contributed by atoms with Crippen LogP contribution in [0.25, 0.3) is 11.6 Å². The van der Waals surface area contributed by atoms with Gasteiger partial charge in [0.25, 0.3) is 5.91 Å². The molecule has 1 aromatic heterocycles. The summed E-state index contributed by atoms with van der Waals surface area (Å²) in [4.78, 5) is 37.5. The normalized spacial score (nSPS) is 11.8. The number of carbonyl (C=O) groups is 3. The van der Waals surface area contributed by atoms with E-state index in [1.807, 2.05) is 13.8 Å². The topological polar surface area (TPSA) is 167 Å². The highest BCUT2D eigenvalue weighted by Gasteiger charge is 2.18. The third kappa shape index (κ3) is 9.87. The number of aromatic nitrogens is 1. The summed E-state index contributed by atoms with van der Waals surface area (Å²) in [5, 5.41) is 36.6.